The van der Waals surface area contributed by atoms with Gasteiger partial charge in [0.1, 0.15) is 16.6 Å². The average Bonchev–Trinajstić information content (AvgIpc) is 3.21. The molecule has 0 amide bonds. The average molecular weight is 475 g/mol. The Bertz CT molecular complexity index is 1310. The Morgan fingerprint density at radius 2 is 1.85 bits per heavy atom. The van der Waals surface area contributed by atoms with Crippen molar-refractivity contribution in [3.8, 4) is 0 Å². The van der Waals surface area contributed by atoms with E-state index in [0.29, 0.717) is 13.0 Å². The molecule has 1 fully saturated rings. The van der Waals surface area contributed by atoms with Crippen molar-refractivity contribution in [2.45, 2.75) is 36.7 Å². The van der Waals surface area contributed by atoms with Crippen LogP contribution in [0.5, 0.6) is 0 Å². The van der Waals surface area contributed by atoms with Crippen LogP contribution in [0.3, 0.4) is 0 Å². The minimum Gasteiger partial charge on any atom is -0.477 e. The van der Waals surface area contributed by atoms with Crippen LogP contribution in [-0.2, 0) is 0 Å². The Kier molecular flexibility index (Phi) is 6.06. The van der Waals surface area contributed by atoms with E-state index in [-0.39, 0.29) is 28.8 Å². The summed E-state index contributed by atoms with van der Waals surface area (Å²) in [6.45, 7) is 4.60. The third-order valence-electron chi connectivity index (χ3n) is 5.79. The molecule has 7 nitrogen and oxygen atoms in total. The Morgan fingerprint density at radius 3 is 2.42 bits per heavy atom. The van der Waals surface area contributed by atoms with Crippen LogP contribution < -0.4 is 21.8 Å². The summed E-state index contributed by atoms with van der Waals surface area (Å²) in [5, 5.41) is 8.81. The van der Waals surface area contributed by atoms with Gasteiger partial charge in [-0.05, 0) is 12.0 Å². The largest absolute Gasteiger partial charge is 0.477 e. The van der Waals surface area contributed by atoms with Crippen LogP contribution in [0.1, 0.15) is 41.6 Å². The van der Waals surface area contributed by atoms with Gasteiger partial charge in [-0.15, -0.1) is 0 Å². The van der Waals surface area contributed by atoms with E-state index in [1.807, 2.05) is 32.0 Å². The van der Waals surface area contributed by atoms with Gasteiger partial charge in [-0.2, -0.15) is 0 Å². The van der Waals surface area contributed by atoms with E-state index < -0.39 is 45.0 Å². The van der Waals surface area contributed by atoms with Gasteiger partial charge in [-0.1, -0.05) is 55.9 Å². The third-order valence-corrected chi connectivity index (χ3v) is 7.12. The molecule has 2 unspecified atom stereocenters. The van der Waals surface area contributed by atoms with Crippen molar-refractivity contribution >= 4 is 40.0 Å². The number of pyridine rings is 1. The molecule has 0 bridgehead atoms. The highest BCUT2D eigenvalue weighted by Crippen LogP contribution is 2.52. The second kappa shape index (κ2) is 8.68. The van der Waals surface area contributed by atoms with Crippen LogP contribution in [0.15, 0.2) is 40.2 Å². The zero-order valence-corrected chi connectivity index (χ0v) is 19.0. The highest BCUT2D eigenvalue weighted by Gasteiger charge is 2.40. The summed E-state index contributed by atoms with van der Waals surface area (Å²) < 4.78 is 32.5. The Labute approximate surface area is 193 Å². The van der Waals surface area contributed by atoms with E-state index >= 15 is 8.78 Å². The summed E-state index contributed by atoms with van der Waals surface area (Å²) in [4.78, 5) is 26.3. The van der Waals surface area contributed by atoms with Crippen molar-refractivity contribution in [1.29, 1.82) is 0 Å². The number of halogens is 2. The van der Waals surface area contributed by atoms with E-state index in [1.165, 1.54) is 9.47 Å². The number of anilines is 2. The van der Waals surface area contributed by atoms with Gasteiger partial charge in [0, 0.05) is 19.1 Å². The topological polar surface area (TPSA) is 115 Å². The molecule has 2 aromatic carbocycles. The number of carboxylic acids is 1. The molecule has 3 heterocycles. The number of rotatable bonds is 3. The first kappa shape index (κ1) is 23.1. The number of benzene rings is 2. The van der Waals surface area contributed by atoms with Gasteiger partial charge in [0.2, 0.25) is 5.43 Å². The highest BCUT2D eigenvalue weighted by molar-refractivity contribution is 8.00. The molecule has 0 radical (unpaired) electrons. The molecule has 1 saturated heterocycles. The Hall–Kier alpha value is -3.11. The number of hydrogen-bond donors (Lipinski definition) is 3. The molecule has 0 spiro atoms. The number of nitrogen functional groups attached to an aromatic ring is 1. The second-order valence-corrected chi connectivity index (χ2v) is 8.74. The smallest absolute Gasteiger partial charge is 0.342 e. The van der Waals surface area contributed by atoms with Crippen molar-refractivity contribution in [1.82, 2.24) is 4.57 Å². The van der Waals surface area contributed by atoms with E-state index in [4.69, 9.17) is 11.5 Å². The zero-order chi connectivity index (χ0) is 24.0. The fraction of sp³-hybridized carbons (Fsp3) is 0.304. The highest BCUT2D eigenvalue weighted by atomic mass is 32.2. The molecule has 5 N–H and O–H groups in total. The van der Waals surface area contributed by atoms with Crippen LogP contribution in [0.25, 0.3) is 10.9 Å². The standard InChI is InChI=1S/C21H18F2N4O3S.C2H6/c22-13-15(25)11-16(14(23)17(13)26-7-6-10(24)8-26)27-19(9-4-2-1-3-5-9)31-20(27)12(18(11)28)21(29)30;1-2/h1-5,10,19H,6-8,24-25H2,(H,29,30);1-2H3. The molecule has 1 aromatic heterocycles. The first-order chi connectivity index (χ1) is 15.8. The Morgan fingerprint density at radius 1 is 1.18 bits per heavy atom. The lowest BCUT2D eigenvalue weighted by molar-refractivity contribution is 0.0689. The van der Waals surface area contributed by atoms with E-state index in [1.54, 1.807) is 12.1 Å². The Balaban J connectivity index is 0.00000126. The van der Waals surface area contributed by atoms with Crippen LogP contribution in [0, 0.1) is 11.6 Å². The van der Waals surface area contributed by atoms with Crippen LogP contribution >= 0.6 is 11.8 Å². The molecule has 0 aliphatic carbocycles. The fourth-order valence-electron chi connectivity index (χ4n) is 4.32. The molecule has 10 heteroatoms. The number of aromatic carboxylic acids is 1. The lowest BCUT2D eigenvalue weighted by Crippen LogP contribution is -2.32. The van der Waals surface area contributed by atoms with Crippen molar-refractivity contribution in [3.05, 3.63) is 63.3 Å². The van der Waals surface area contributed by atoms with Gasteiger partial charge < -0.3 is 26.0 Å². The number of hydrogen-bond acceptors (Lipinski definition) is 6. The summed E-state index contributed by atoms with van der Waals surface area (Å²) in [5.74, 6) is -3.48. The molecule has 174 valence electrons. The van der Waals surface area contributed by atoms with Crippen LogP contribution in [0.4, 0.5) is 20.2 Å². The predicted octanol–water partition coefficient (Wildman–Crippen LogP) is 3.78. The lowest BCUT2D eigenvalue weighted by Gasteiger charge is -2.36. The molecule has 2 atom stereocenters. The normalized spacial score (nSPS) is 19.0. The van der Waals surface area contributed by atoms with Crippen molar-refractivity contribution in [2.24, 2.45) is 5.73 Å². The zero-order valence-electron chi connectivity index (χ0n) is 18.1. The molecule has 2 aliphatic heterocycles. The number of nitrogens with two attached hydrogens (primary N) is 2. The van der Waals surface area contributed by atoms with Crippen molar-refractivity contribution < 1.29 is 18.7 Å². The number of thioether (sulfide) groups is 1. The fourth-order valence-corrected chi connectivity index (χ4v) is 5.59. The molecule has 5 rings (SSSR count). The third kappa shape index (κ3) is 3.44. The summed E-state index contributed by atoms with van der Waals surface area (Å²) in [5.41, 5.74) is 10.1. The monoisotopic (exact) mass is 474 g/mol. The SMILES string of the molecule is CC.Nc1c(F)c(N2CCC(N)C2)c(F)c2c1c(=O)c(C(=O)O)c1n2C(c2ccccc2)S1. The van der Waals surface area contributed by atoms with Gasteiger partial charge in [-0.3, -0.25) is 4.79 Å². The summed E-state index contributed by atoms with van der Waals surface area (Å²) in [7, 11) is 0. The lowest BCUT2D eigenvalue weighted by atomic mass is 10.1. The number of aromatic nitrogens is 1. The van der Waals surface area contributed by atoms with Crippen LogP contribution in [-0.4, -0.2) is 34.8 Å². The van der Waals surface area contributed by atoms with Gasteiger partial charge in [-0.25, -0.2) is 13.6 Å². The van der Waals surface area contributed by atoms with Gasteiger partial charge >= 0.3 is 5.97 Å². The molecular formula is C23H24F2N4O3S. The number of nitrogens with zero attached hydrogens (tertiary/aromatic N) is 2. The molecule has 2 aliphatic rings. The first-order valence-corrected chi connectivity index (χ1v) is 11.5. The van der Waals surface area contributed by atoms with Crippen molar-refractivity contribution in [2.75, 3.05) is 23.7 Å². The number of fused-ring (bicyclic) bond motifs is 3. The van der Waals surface area contributed by atoms with E-state index in [9.17, 15) is 14.7 Å². The first-order valence-electron chi connectivity index (χ1n) is 10.6. The maximum Gasteiger partial charge on any atom is 0.342 e. The quantitative estimate of drug-likeness (QED) is 0.495. The number of carbonyl (C=O) groups is 1. The van der Waals surface area contributed by atoms with E-state index in [0.717, 1.165) is 17.3 Å². The minimum atomic E-state index is -1.47. The second-order valence-electron chi connectivity index (χ2n) is 7.67. The van der Waals surface area contributed by atoms with Gasteiger partial charge in [0.25, 0.3) is 0 Å². The van der Waals surface area contributed by atoms with Crippen molar-refractivity contribution in [3.63, 3.8) is 0 Å². The maximum atomic E-state index is 15.9. The molecule has 3 aromatic rings. The molecule has 0 saturated carbocycles. The van der Waals surface area contributed by atoms with Gasteiger partial charge in [0.15, 0.2) is 11.6 Å². The number of carboxylic acid groups (broad SMARTS) is 1. The summed E-state index contributed by atoms with van der Waals surface area (Å²) >= 11 is 1.14. The predicted molar refractivity (Wildman–Crippen MR) is 126 cm³/mol. The van der Waals surface area contributed by atoms with Gasteiger partial charge in [0.05, 0.1) is 21.6 Å². The molecule has 33 heavy (non-hydrogen) atoms. The summed E-state index contributed by atoms with van der Waals surface area (Å²) in [6.07, 6.45) is 0.565. The molecular weight excluding hydrogens is 450 g/mol. The van der Waals surface area contributed by atoms with E-state index in [2.05, 4.69) is 0 Å². The summed E-state index contributed by atoms with van der Waals surface area (Å²) in [6, 6.07) is 8.83. The maximum absolute atomic E-state index is 15.9. The van der Waals surface area contributed by atoms with Crippen LogP contribution in [0.2, 0.25) is 0 Å². The minimum absolute atomic E-state index is 0.118.